The van der Waals surface area contributed by atoms with Crippen LogP contribution >= 0.6 is 11.6 Å². The van der Waals surface area contributed by atoms with Gasteiger partial charge in [0.15, 0.2) is 5.65 Å². The van der Waals surface area contributed by atoms with Gasteiger partial charge in [0, 0.05) is 36.9 Å². The molecule has 0 saturated carbocycles. The number of ether oxygens (including phenoxy) is 1. The molecule has 1 aliphatic heterocycles. The van der Waals surface area contributed by atoms with Crippen molar-refractivity contribution in [2.45, 2.75) is 12.8 Å². The molecular weight excluding hydrogens is 226 g/mol. The van der Waals surface area contributed by atoms with Crippen LogP contribution in [0.25, 0.3) is 5.65 Å². The van der Waals surface area contributed by atoms with E-state index in [1.165, 1.54) is 0 Å². The maximum absolute atomic E-state index is 5.90. The van der Waals surface area contributed by atoms with E-state index in [1.807, 2.05) is 22.7 Å². The number of rotatable bonds is 2. The second-order valence-corrected chi connectivity index (χ2v) is 4.56. The van der Waals surface area contributed by atoms with Crippen LogP contribution in [-0.4, -0.2) is 27.8 Å². The molecule has 0 aliphatic carbocycles. The van der Waals surface area contributed by atoms with Crippen molar-refractivity contribution in [1.82, 2.24) is 14.6 Å². The highest BCUT2D eigenvalue weighted by Gasteiger charge is 2.18. The molecule has 0 N–H and O–H groups in total. The van der Waals surface area contributed by atoms with Crippen LogP contribution in [0.5, 0.6) is 0 Å². The molecule has 1 unspecified atom stereocenters. The van der Waals surface area contributed by atoms with E-state index >= 15 is 0 Å². The maximum Gasteiger partial charge on any atom is 0.162 e. The first-order valence-corrected chi connectivity index (χ1v) is 5.77. The van der Waals surface area contributed by atoms with E-state index in [9.17, 15) is 0 Å². The van der Waals surface area contributed by atoms with E-state index in [0.29, 0.717) is 10.9 Å². The molecule has 0 bridgehead atoms. The molecule has 3 heterocycles. The molecule has 0 amide bonds. The molecule has 1 aliphatic rings. The van der Waals surface area contributed by atoms with Crippen LogP contribution in [0.15, 0.2) is 18.3 Å². The minimum atomic E-state index is 0.572. The molecule has 4 nitrogen and oxygen atoms in total. The van der Waals surface area contributed by atoms with Gasteiger partial charge in [0.25, 0.3) is 0 Å². The predicted octanol–water partition coefficient (Wildman–Crippen LogP) is 1.96. The molecule has 0 aromatic carbocycles. The predicted molar refractivity (Wildman–Crippen MR) is 60.6 cm³/mol. The van der Waals surface area contributed by atoms with Gasteiger partial charge in [-0.3, -0.25) is 4.40 Å². The fourth-order valence-electron chi connectivity index (χ4n) is 2.06. The smallest absolute Gasteiger partial charge is 0.162 e. The van der Waals surface area contributed by atoms with Crippen LogP contribution in [0.1, 0.15) is 12.2 Å². The lowest BCUT2D eigenvalue weighted by Gasteiger charge is -2.05. The lowest BCUT2D eigenvalue weighted by atomic mass is 10.1. The van der Waals surface area contributed by atoms with Crippen molar-refractivity contribution in [1.29, 1.82) is 0 Å². The quantitative estimate of drug-likeness (QED) is 0.802. The zero-order valence-corrected chi connectivity index (χ0v) is 9.52. The van der Waals surface area contributed by atoms with Crippen molar-refractivity contribution < 1.29 is 4.74 Å². The lowest BCUT2D eigenvalue weighted by molar-refractivity contribution is 0.185. The molecular formula is C11H12ClN3O. The molecule has 0 radical (unpaired) electrons. The van der Waals surface area contributed by atoms with Crippen molar-refractivity contribution in [2.24, 2.45) is 5.92 Å². The van der Waals surface area contributed by atoms with Gasteiger partial charge in [-0.15, -0.1) is 10.2 Å². The van der Waals surface area contributed by atoms with Crippen LogP contribution in [0.2, 0.25) is 5.02 Å². The monoisotopic (exact) mass is 237 g/mol. The summed E-state index contributed by atoms with van der Waals surface area (Å²) in [4.78, 5) is 0. The Morgan fingerprint density at radius 1 is 1.50 bits per heavy atom. The number of pyridine rings is 1. The summed E-state index contributed by atoms with van der Waals surface area (Å²) < 4.78 is 7.35. The molecule has 1 saturated heterocycles. The van der Waals surface area contributed by atoms with E-state index in [-0.39, 0.29) is 0 Å². The van der Waals surface area contributed by atoms with Crippen LogP contribution in [0.4, 0.5) is 0 Å². The average Bonchev–Trinajstić information content (AvgIpc) is 2.89. The van der Waals surface area contributed by atoms with Gasteiger partial charge in [-0.05, 0) is 18.4 Å². The van der Waals surface area contributed by atoms with Gasteiger partial charge in [0.05, 0.1) is 0 Å². The summed E-state index contributed by atoms with van der Waals surface area (Å²) >= 11 is 5.90. The molecule has 16 heavy (non-hydrogen) atoms. The molecule has 1 fully saturated rings. The largest absolute Gasteiger partial charge is 0.381 e. The van der Waals surface area contributed by atoms with Crippen LogP contribution in [0.3, 0.4) is 0 Å². The van der Waals surface area contributed by atoms with E-state index in [0.717, 1.165) is 37.5 Å². The first-order chi connectivity index (χ1) is 7.83. The number of nitrogens with zero attached hydrogens (tertiary/aromatic N) is 3. The maximum atomic E-state index is 5.90. The Kier molecular flexibility index (Phi) is 2.53. The standard InChI is InChI=1S/C11H12ClN3O/c12-9-1-3-15-10(13-14-11(15)6-9)5-8-2-4-16-7-8/h1,3,6,8H,2,4-5,7H2. The summed E-state index contributed by atoms with van der Waals surface area (Å²) in [5.74, 6) is 1.56. The van der Waals surface area contributed by atoms with Gasteiger partial charge >= 0.3 is 0 Å². The topological polar surface area (TPSA) is 39.4 Å². The number of halogens is 1. The molecule has 5 heteroatoms. The molecule has 2 aromatic rings. The average molecular weight is 238 g/mol. The van der Waals surface area contributed by atoms with Crippen LogP contribution in [0, 0.1) is 5.92 Å². The third-order valence-electron chi connectivity index (χ3n) is 2.94. The van der Waals surface area contributed by atoms with Gasteiger partial charge < -0.3 is 4.74 Å². The molecule has 2 aromatic heterocycles. The van der Waals surface area contributed by atoms with E-state index < -0.39 is 0 Å². The van der Waals surface area contributed by atoms with E-state index in [4.69, 9.17) is 16.3 Å². The van der Waals surface area contributed by atoms with Crippen LogP contribution < -0.4 is 0 Å². The summed E-state index contributed by atoms with van der Waals surface area (Å²) in [5.41, 5.74) is 0.807. The van der Waals surface area contributed by atoms with Crippen molar-refractivity contribution in [3.63, 3.8) is 0 Å². The molecule has 0 spiro atoms. The Labute approximate surface area is 98.2 Å². The Balaban J connectivity index is 1.91. The highest BCUT2D eigenvalue weighted by atomic mass is 35.5. The minimum Gasteiger partial charge on any atom is -0.381 e. The first kappa shape index (κ1) is 10.1. The highest BCUT2D eigenvalue weighted by Crippen LogP contribution is 2.18. The number of hydrogen-bond donors (Lipinski definition) is 0. The number of aromatic nitrogens is 3. The van der Waals surface area contributed by atoms with Crippen LogP contribution in [-0.2, 0) is 11.2 Å². The summed E-state index contributed by atoms with van der Waals surface area (Å²) in [6, 6.07) is 3.68. The SMILES string of the molecule is Clc1ccn2c(CC3CCOC3)nnc2c1. The highest BCUT2D eigenvalue weighted by molar-refractivity contribution is 6.30. The molecule has 1 atom stereocenters. The fraction of sp³-hybridized carbons (Fsp3) is 0.455. The van der Waals surface area contributed by atoms with E-state index in [1.54, 1.807) is 0 Å². The lowest BCUT2D eigenvalue weighted by Crippen LogP contribution is -2.07. The zero-order chi connectivity index (χ0) is 11.0. The third-order valence-corrected chi connectivity index (χ3v) is 3.17. The van der Waals surface area contributed by atoms with E-state index in [2.05, 4.69) is 10.2 Å². The fourth-order valence-corrected chi connectivity index (χ4v) is 2.21. The first-order valence-electron chi connectivity index (χ1n) is 5.40. The normalized spacial score (nSPS) is 20.7. The number of fused-ring (bicyclic) bond motifs is 1. The second-order valence-electron chi connectivity index (χ2n) is 4.12. The summed E-state index contributed by atoms with van der Waals surface area (Å²) in [5, 5.41) is 9.00. The molecule has 3 rings (SSSR count). The summed E-state index contributed by atoms with van der Waals surface area (Å²) in [6.45, 7) is 1.70. The van der Waals surface area contributed by atoms with Crippen molar-refractivity contribution in [2.75, 3.05) is 13.2 Å². The van der Waals surface area contributed by atoms with Gasteiger partial charge in [0.1, 0.15) is 5.82 Å². The Morgan fingerprint density at radius 2 is 2.44 bits per heavy atom. The Morgan fingerprint density at radius 3 is 3.25 bits per heavy atom. The molecule has 84 valence electrons. The Hall–Kier alpha value is -1.13. The van der Waals surface area contributed by atoms with Gasteiger partial charge in [-0.25, -0.2) is 0 Å². The Bertz CT molecular complexity index is 505. The van der Waals surface area contributed by atoms with Crippen molar-refractivity contribution in [3.8, 4) is 0 Å². The van der Waals surface area contributed by atoms with Gasteiger partial charge in [-0.1, -0.05) is 11.6 Å². The van der Waals surface area contributed by atoms with Crippen molar-refractivity contribution >= 4 is 17.2 Å². The minimum absolute atomic E-state index is 0.572. The summed E-state index contributed by atoms with van der Waals surface area (Å²) in [6.07, 6.45) is 3.95. The van der Waals surface area contributed by atoms with Crippen molar-refractivity contribution in [3.05, 3.63) is 29.2 Å². The second kappa shape index (κ2) is 4.03. The zero-order valence-electron chi connectivity index (χ0n) is 8.77. The van der Waals surface area contributed by atoms with Gasteiger partial charge in [0.2, 0.25) is 0 Å². The van der Waals surface area contributed by atoms with Gasteiger partial charge in [-0.2, -0.15) is 0 Å². The summed E-state index contributed by atoms with van der Waals surface area (Å²) in [7, 11) is 0. The third kappa shape index (κ3) is 1.79. The number of hydrogen-bond acceptors (Lipinski definition) is 3.